The van der Waals surface area contributed by atoms with Crippen molar-refractivity contribution in [3.8, 4) is 0 Å². The summed E-state index contributed by atoms with van der Waals surface area (Å²) in [5.74, 6) is -1.07. The molecule has 18 heavy (non-hydrogen) atoms. The van der Waals surface area contributed by atoms with Gasteiger partial charge in [0.05, 0.1) is 0 Å². The third-order valence-electron chi connectivity index (χ3n) is 3.26. The van der Waals surface area contributed by atoms with Gasteiger partial charge >= 0.3 is 5.97 Å². The Morgan fingerprint density at radius 1 is 1.50 bits per heavy atom. The molecule has 2 rings (SSSR count). The zero-order chi connectivity index (χ0) is 13.1. The second-order valence-corrected chi connectivity index (χ2v) is 5.54. The Balaban J connectivity index is 2.02. The number of halogens is 2. The third-order valence-corrected chi connectivity index (χ3v) is 3.76. The molecule has 98 valence electrons. The average molecular weight is 316 g/mol. The summed E-state index contributed by atoms with van der Waals surface area (Å²) in [4.78, 5) is 10.9. The summed E-state index contributed by atoms with van der Waals surface area (Å²) in [6.45, 7) is 0. The summed E-state index contributed by atoms with van der Waals surface area (Å²) in [6.07, 6.45) is 2.93. The number of nitrogens with one attached hydrogen (secondary N) is 1. The first-order chi connectivity index (χ1) is 8.56. The van der Waals surface area contributed by atoms with Crippen LogP contribution in [-0.2, 0) is 11.2 Å². The summed E-state index contributed by atoms with van der Waals surface area (Å²) >= 11 is 3.22. The summed E-state index contributed by atoms with van der Waals surface area (Å²) in [5, 5.41) is 12.0. The van der Waals surface area contributed by atoms with Crippen molar-refractivity contribution in [3.63, 3.8) is 0 Å². The van der Waals surface area contributed by atoms with Crippen LogP contribution in [0, 0.1) is 5.82 Å². The second-order valence-electron chi connectivity index (χ2n) is 4.63. The lowest BCUT2D eigenvalue weighted by atomic mass is 9.94. The zero-order valence-electron chi connectivity index (χ0n) is 9.83. The molecule has 1 heterocycles. The Morgan fingerprint density at radius 3 is 2.94 bits per heavy atom. The van der Waals surface area contributed by atoms with Gasteiger partial charge in [-0.05, 0) is 43.4 Å². The van der Waals surface area contributed by atoms with Crippen LogP contribution in [0.2, 0.25) is 0 Å². The highest BCUT2D eigenvalue weighted by Gasteiger charge is 2.26. The molecule has 0 radical (unpaired) electrons. The number of rotatable bonds is 3. The van der Waals surface area contributed by atoms with Crippen LogP contribution in [0.25, 0.3) is 0 Å². The fourth-order valence-corrected chi connectivity index (χ4v) is 2.66. The largest absolute Gasteiger partial charge is 0.480 e. The number of carboxylic acids is 1. The Morgan fingerprint density at radius 2 is 2.28 bits per heavy atom. The fourth-order valence-electron chi connectivity index (χ4n) is 2.33. The summed E-state index contributed by atoms with van der Waals surface area (Å²) in [5.41, 5.74) is 0.627. The lowest BCUT2D eigenvalue weighted by molar-refractivity contribution is -0.140. The molecule has 3 nitrogen and oxygen atoms in total. The molecule has 0 aromatic heterocycles. The maximum atomic E-state index is 13.7. The lowest BCUT2D eigenvalue weighted by Gasteiger charge is -2.28. The third kappa shape index (κ3) is 3.29. The van der Waals surface area contributed by atoms with Crippen molar-refractivity contribution >= 4 is 21.9 Å². The quantitative estimate of drug-likeness (QED) is 0.901. The summed E-state index contributed by atoms with van der Waals surface area (Å²) < 4.78 is 14.4. The molecular weight excluding hydrogens is 301 g/mol. The number of hydrogen-bond acceptors (Lipinski definition) is 2. The molecule has 1 aliphatic heterocycles. The van der Waals surface area contributed by atoms with E-state index in [1.807, 2.05) is 0 Å². The predicted octanol–water partition coefficient (Wildman–Crippen LogP) is 2.73. The Kier molecular flexibility index (Phi) is 4.35. The van der Waals surface area contributed by atoms with Crippen LogP contribution in [0.5, 0.6) is 0 Å². The molecule has 2 unspecified atom stereocenters. The van der Waals surface area contributed by atoms with Gasteiger partial charge in [-0.15, -0.1) is 0 Å². The zero-order valence-corrected chi connectivity index (χ0v) is 11.4. The van der Waals surface area contributed by atoms with E-state index in [4.69, 9.17) is 5.11 Å². The van der Waals surface area contributed by atoms with E-state index in [9.17, 15) is 9.18 Å². The summed E-state index contributed by atoms with van der Waals surface area (Å²) in [6, 6.07) is 4.52. The highest BCUT2D eigenvalue weighted by atomic mass is 79.9. The van der Waals surface area contributed by atoms with Crippen molar-refractivity contribution in [1.82, 2.24) is 5.32 Å². The van der Waals surface area contributed by atoms with Gasteiger partial charge in [0.2, 0.25) is 0 Å². The van der Waals surface area contributed by atoms with E-state index in [0.29, 0.717) is 22.9 Å². The molecule has 0 bridgehead atoms. The first kappa shape index (κ1) is 13.5. The predicted molar refractivity (Wildman–Crippen MR) is 70.0 cm³/mol. The second kappa shape index (κ2) is 5.80. The van der Waals surface area contributed by atoms with Crippen LogP contribution in [0.3, 0.4) is 0 Å². The highest BCUT2D eigenvalue weighted by Crippen LogP contribution is 2.20. The molecule has 5 heteroatoms. The summed E-state index contributed by atoms with van der Waals surface area (Å²) in [7, 11) is 0. The van der Waals surface area contributed by atoms with E-state index < -0.39 is 12.0 Å². The van der Waals surface area contributed by atoms with E-state index in [1.165, 1.54) is 6.07 Å². The van der Waals surface area contributed by atoms with Crippen molar-refractivity contribution in [3.05, 3.63) is 34.1 Å². The van der Waals surface area contributed by atoms with Crippen LogP contribution in [0.15, 0.2) is 22.7 Å². The Hall–Kier alpha value is -0.940. The van der Waals surface area contributed by atoms with Gasteiger partial charge in [-0.3, -0.25) is 4.79 Å². The molecular formula is C13H15BrFNO2. The smallest absolute Gasteiger partial charge is 0.320 e. The Labute approximate surface area is 114 Å². The van der Waals surface area contributed by atoms with Crippen LogP contribution in [-0.4, -0.2) is 23.2 Å². The van der Waals surface area contributed by atoms with Crippen LogP contribution < -0.4 is 5.32 Å². The first-order valence-corrected chi connectivity index (χ1v) is 6.78. The molecule has 1 aromatic carbocycles. The number of piperidine rings is 1. The van der Waals surface area contributed by atoms with E-state index in [2.05, 4.69) is 21.2 Å². The van der Waals surface area contributed by atoms with E-state index in [0.717, 1.165) is 12.8 Å². The van der Waals surface area contributed by atoms with Crippen LogP contribution >= 0.6 is 15.9 Å². The highest BCUT2D eigenvalue weighted by molar-refractivity contribution is 9.10. The first-order valence-electron chi connectivity index (χ1n) is 5.99. The minimum Gasteiger partial charge on any atom is -0.480 e. The van der Waals surface area contributed by atoms with Crippen molar-refractivity contribution in [2.45, 2.75) is 37.8 Å². The molecule has 1 fully saturated rings. The Bertz CT molecular complexity index is 453. The van der Waals surface area contributed by atoms with Gasteiger partial charge in [-0.25, -0.2) is 4.39 Å². The maximum absolute atomic E-state index is 13.7. The van der Waals surface area contributed by atoms with Gasteiger partial charge < -0.3 is 10.4 Å². The molecule has 0 amide bonds. The van der Waals surface area contributed by atoms with E-state index >= 15 is 0 Å². The number of carbonyl (C=O) groups is 1. The molecule has 1 aliphatic rings. The average Bonchev–Trinajstić information content (AvgIpc) is 2.33. The standard InChI is InChI=1S/C13H15BrFNO2/c14-9-5-4-8(11(15)7-9)6-10-2-1-3-12(16-10)13(17)18/h4-5,7,10,12,16H,1-3,6H2,(H,17,18). The number of hydrogen-bond donors (Lipinski definition) is 2. The van der Waals surface area contributed by atoms with E-state index in [-0.39, 0.29) is 11.9 Å². The number of benzene rings is 1. The lowest BCUT2D eigenvalue weighted by Crippen LogP contribution is -2.47. The van der Waals surface area contributed by atoms with Crippen molar-refractivity contribution in [2.75, 3.05) is 0 Å². The van der Waals surface area contributed by atoms with Crippen molar-refractivity contribution < 1.29 is 14.3 Å². The van der Waals surface area contributed by atoms with Gasteiger partial charge in [0.25, 0.3) is 0 Å². The van der Waals surface area contributed by atoms with Gasteiger partial charge in [0.1, 0.15) is 11.9 Å². The monoisotopic (exact) mass is 315 g/mol. The fraction of sp³-hybridized carbons (Fsp3) is 0.462. The van der Waals surface area contributed by atoms with Gasteiger partial charge in [0, 0.05) is 10.5 Å². The van der Waals surface area contributed by atoms with Crippen molar-refractivity contribution in [2.24, 2.45) is 0 Å². The molecule has 2 atom stereocenters. The normalized spacial score (nSPS) is 23.9. The molecule has 0 aliphatic carbocycles. The van der Waals surface area contributed by atoms with Crippen LogP contribution in [0.1, 0.15) is 24.8 Å². The maximum Gasteiger partial charge on any atom is 0.320 e. The topological polar surface area (TPSA) is 49.3 Å². The number of aliphatic carboxylic acids is 1. The minimum atomic E-state index is -0.823. The van der Waals surface area contributed by atoms with Gasteiger partial charge in [-0.2, -0.15) is 0 Å². The van der Waals surface area contributed by atoms with Crippen molar-refractivity contribution in [1.29, 1.82) is 0 Å². The molecule has 1 aromatic rings. The number of carboxylic acid groups (broad SMARTS) is 1. The van der Waals surface area contributed by atoms with Gasteiger partial charge in [-0.1, -0.05) is 22.0 Å². The van der Waals surface area contributed by atoms with E-state index in [1.54, 1.807) is 12.1 Å². The van der Waals surface area contributed by atoms with Gasteiger partial charge in [0.15, 0.2) is 0 Å². The molecule has 2 N–H and O–H groups in total. The minimum absolute atomic E-state index is 0.0375. The molecule has 0 saturated carbocycles. The van der Waals surface area contributed by atoms with Crippen LogP contribution in [0.4, 0.5) is 4.39 Å². The molecule has 0 spiro atoms. The molecule has 1 saturated heterocycles. The SMILES string of the molecule is O=C(O)C1CCCC(Cc2ccc(Br)cc2F)N1.